The molecule has 0 aliphatic carbocycles. The van der Waals surface area contributed by atoms with Crippen LogP contribution in [-0.2, 0) is 26.0 Å². The molecule has 2 aromatic rings. The maximum absolute atomic E-state index is 13.0. The Morgan fingerprint density at radius 3 is 2.27 bits per heavy atom. The smallest absolute Gasteiger partial charge is 0.267 e. The second kappa shape index (κ2) is 9.43. The minimum absolute atomic E-state index is 0.0765. The molecule has 1 N–H and O–H groups in total. The first-order valence-corrected chi connectivity index (χ1v) is 12.2. The summed E-state index contributed by atoms with van der Waals surface area (Å²) in [5.41, 5.74) is 0.763. The molecule has 0 aromatic heterocycles. The summed E-state index contributed by atoms with van der Waals surface area (Å²) in [6, 6.07) is 12.1. The maximum atomic E-state index is 13.0. The van der Waals surface area contributed by atoms with E-state index in [0.29, 0.717) is 24.6 Å². The second-order valence-electron chi connectivity index (χ2n) is 8.59. The Labute approximate surface area is 194 Å². The molecule has 33 heavy (non-hydrogen) atoms. The Morgan fingerprint density at radius 1 is 1.09 bits per heavy atom. The van der Waals surface area contributed by atoms with Crippen molar-refractivity contribution >= 4 is 21.8 Å². The molecule has 178 valence electrons. The number of methoxy groups -OCH3 is 2. The molecule has 0 radical (unpaired) electrons. The molecule has 0 spiro atoms. The molecule has 1 fully saturated rings. The van der Waals surface area contributed by atoms with Crippen LogP contribution in [0.1, 0.15) is 44.2 Å². The van der Waals surface area contributed by atoms with Gasteiger partial charge in [0.15, 0.2) is 0 Å². The molecule has 1 heterocycles. The lowest BCUT2D eigenvalue weighted by Gasteiger charge is -2.49. The Hall–Kier alpha value is -3.07. The minimum atomic E-state index is -4.26. The van der Waals surface area contributed by atoms with E-state index in [1.54, 1.807) is 13.0 Å². The van der Waals surface area contributed by atoms with E-state index in [1.165, 1.54) is 36.8 Å². The Kier molecular flexibility index (Phi) is 7.02. The van der Waals surface area contributed by atoms with Crippen molar-refractivity contribution in [1.82, 2.24) is 9.62 Å². The number of rotatable bonds is 8. The predicted molar refractivity (Wildman–Crippen MR) is 124 cm³/mol. The highest BCUT2D eigenvalue weighted by molar-refractivity contribution is 7.90. The average molecular weight is 475 g/mol. The van der Waals surface area contributed by atoms with Crippen LogP contribution in [0.2, 0.25) is 0 Å². The lowest BCUT2D eigenvalue weighted by atomic mass is 9.85. The highest BCUT2D eigenvalue weighted by Gasteiger charge is 2.50. The number of carbonyl (C=O) groups is 2. The maximum Gasteiger partial charge on any atom is 0.267 e. The Bertz CT molecular complexity index is 1140. The van der Waals surface area contributed by atoms with Crippen LogP contribution in [-0.4, -0.2) is 51.4 Å². The van der Waals surface area contributed by atoms with E-state index >= 15 is 0 Å². The fraction of sp³-hybridized carbons (Fsp3) is 0.417. The largest absolute Gasteiger partial charge is 0.497 e. The monoisotopic (exact) mass is 474 g/mol. The number of likely N-dealkylation sites (tertiary alicyclic amines) is 1. The topological polar surface area (TPSA) is 102 Å². The van der Waals surface area contributed by atoms with Gasteiger partial charge in [0.05, 0.1) is 20.6 Å². The van der Waals surface area contributed by atoms with Gasteiger partial charge in [-0.1, -0.05) is 38.1 Å². The van der Waals surface area contributed by atoms with Gasteiger partial charge < -0.3 is 14.4 Å². The number of amides is 2. The van der Waals surface area contributed by atoms with Crippen molar-refractivity contribution in [2.75, 3.05) is 20.8 Å². The van der Waals surface area contributed by atoms with Gasteiger partial charge in [-0.15, -0.1) is 0 Å². The summed E-state index contributed by atoms with van der Waals surface area (Å²) in [7, 11) is -1.51. The standard InChI is InChI=1S/C24H30N2O6S/c1-16(2)18-8-6-17(7-9-18)14-22(27)26-13-12-24(26,3)23(28)25-33(29,30)21-15-19(31-4)10-11-20(21)32-5/h6-11,15-16H,12-14H2,1-5H3,(H,25,28). The van der Waals surface area contributed by atoms with Crippen LogP contribution in [0, 0.1) is 0 Å². The van der Waals surface area contributed by atoms with Gasteiger partial charge in [0.25, 0.3) is 15.9 Å². The number of carbonyl (C=O) groups excluding carboxylic acids is 2. The molecule has 2 aromatic carbocycles. The molecule has 1 unspecified atom stereocenters. The van der Waals surface area contributed by atoms with Gasteiger partial charge in [0.2, 0.25) is 5.91 Å². The summed E-state index contributed by atoms with van der Waals surface area (Å²) >= 11 is 0. The van der Waals surface area contributed by atoms with Crippen LogP contribution < -0.4 is 14.2 Å². The van der Waals surface area contributed by atoms with Crippen LogP contribution in [0.3, 0.4) is 0 Å². The highest BCUT2D eigenvalue weighted by Crippen LogP contribution is 2.33. The van der Waals surface area contributed by atoms with Gasteiger partial charge in [-0.05, 0) is 42.5 Å². The van der Waals surface area contributed by atoms with Crippen LogP contribution in [0.5, 0.6) is 11.5 Å². The van der Waals surface area contributed by atoms with Gasteiger partial charge >= 0.3 is 0 Å². The number of hydrogen-bond acceptors (Lipinski definition) is 6. The second-order valence-corrected chi connectivity index (χ2v) is 10.2. The molecule has 0 bridgehead atoms. The van der Waals surface area contributed by atoms with E-state index in [-0.39, 0.29) is 23.0 Å². The van der Waals surface area contributed by atoms with Crippen molar-refractivity contribution in [3.8, 4) is 11.5 Å². The van der Waals surface area contributed by atoms with Gasteiger partial charge in [-0.25, -0.2) is 13.1 Å². The van der Waals surface area contributed by atoms with Gasteiger partial charge in [-0.3, -0.25) is 9.59 Å². The minimum Gasteiger partial charge on any atom is -0.497 e. The third-order valence-corrected chi connectivity index (χ3v) is 7.45. The summed E-state index contributed by atoms with van der Waals surface area (Å²) in [4.78, 5) is 27.1. The van der Waals surface area contributed by atoms with Gasteiger partial charge in [-0.2, -0.15) is 0 Å². The molecule has 0 saturated carbocycles. The van der Waals surface area contributed by atoms with Crippen molar-refractivity contribution in [3.63, 3.8) is 0 Å². The lowest BCUT2D eigenvalue weighted by molar-refractivity contribution is -0.156. The normalized spacial score (nSPS) is 17.9. The van der Waals surface area contributed by atoms with Crippen molar-refractivity contribution in [2.24, 2.45) is 0 Å². The molecular weight excluding hydrogens is 444 g/mol. The van der Waals surface area contributed by atoms with Gasteiger partial charge in [0.1, 0.15) is 21.9 Å². The molecule has 1 aliphatic rings. The van der Waals surface area contributed by atoms with Crippen molar-refractivity contribution in [1.29, 1.82) is 0 Å². The van der Waals surface area contributed by atoms with E-state index in [9.17, 15) is 18.0 Å². The summed E-state index contributed by atoms with van der Waals surface area (Å²) in [6.45, 7) is 6.15. The summed E-state index contributed by atoms with van der Waals surface area (Å²) < 4.78 is 38.3. The molecule has 2 amide bonds. The zero-order valence-corrected chi connectivity index (χ0v) is 20.4. The van der Waals surface area contributed by atoms with E-state index < -0.39 is 21.5 Å². The average Bonchev–Trinajstić information content (AvgIpc) is 2.77. The van der Waals surface area contributed by atoms with Crippen molar-refractivity contribution in [3.05, 3.63) is 53.6 Å². The van der Waals surface area contributed by atoms with Crippen LogP contribution in [0.4, 0.5) is 0 Å². The first-order chi connectivity index (χ1) is 15.5. The van der Waals surface area contributed by atoms with Crippen molar-refractivity contribution in [2.45, 2.75) is 50.0 Å². The fourth-order valence-electron chi connectivity index (χ4n) is 3.77. The first kappa shape index (κ1) is 24.6. The van der Waals surface area contributed by atoms with Crippen molar-refractivity contribution < 1.29 is 27.5 Å². The number of ether oxygens (including phenoxy) is 2. The highest BCUT2D eigenvalue weighted by atomic mass is 32.2. The fourth-order valence-corrected chi connectivity index (χ4v) is 5.03. The number of nitrogens with zero attached hydrogens (tertiary/aromatic N) is 1. The van der Waals surface area contributed by atoms with E-state index in [2.05, 4.69) is 18.6 Å². The number of hydrogen-bond donors (Lipinski definition) is 1. The predicted octanol–water partition coefficient (Wildman–Crippen LogP) is 2.87. The van der Waals surface area contributed by atoms with E-state index in [4.69, 9.17) is 9.47 Å². The molecular formula is C24H30N2O6S. The third kappa shape index (κ3) is 4.98. The van der Waals surface area contributed by atoms with Crippen LogP contribution >= 0.6 is 0 Å². The zero-order chi connectivity index (χ0) is 24.4. The van der Waals surface area contributed by atoms with Gasteiger partial charge in [0, 0.05) is 12.6 Å². The molecule has 1 atom stereocenters. The first-order valence-electron chi connectivity index (χ1n) is 10.7. The van der Waals surface area contributed by atoms with E-state index in [1.807, 2.05) is 24.3 Å². The lowest BCUT2D eigenvalue weighted by Crippen LogP contribution is -2.68. The number of benzene rings is 2. The number of sulfonamides is 1. The summed E-state index contributed by atoms with van der Waals surface area (Å²) in [5.74, 6) is -0.219. The summed E-state index contributed by atoms with van der Waals surface area (Å²) in [5, 5.41) is 0. The quantitative estimate of drug-likeness (QED) is 0.631. The SMILES string of the molecule is COc1ccc(OC)c(S(=O)(=O)NC(=O)C2(C)CCN2C(=O)Cc2ccc(C(C)C)cc2)c1. The zero-order valence-electron chi connectivity index (χ0n) is 19.5. The summed E-state index contributed by atoms with van der Waals surface area (Å²) in [6.07, 6.45) is 0.499. The number of nitrogens with one attached hydrogen (secondary N) is 1. The molecule has 3 rings (SSSR count). The Morgan fingerprint density at radius 2 is 1.76 bits per heavy atom. The van der Waals surface area contributed by atoms with Crippen LogP contribution in [0.15, 0.2) is 47.4 Å². The molecule has 1 aliphatic heterocycles. The molecule has 1 saturated heterocycles. The third-order valence-electron chi connectivity index (χ3n) is 6.10. The molecule has 8 nitrogen and oxygen atoms in total. The molecule has 9 heteroatoms. The Balaban J connectivity index is 1.75. The van der Waals surface area contributed by atoms with E-state index in [0.717, 1.165) is 5.56 Å². The van der Waals surface area contributed by atoms with Crippen LogP contribution in [0.25, 0.3) is 0 Å².